The van der Waals surface area contributed by atoms with E-state index < -0.39 is 5.54 Å². The number of hydrogen-bond donors (Lipinski definition) is 1. The van der Waals surface area contributed by atoms with Crippen LogP contribution in [0.4, 0.5) is 0 Å². The molecule has 2 rings (SSSR count). The Kier molecular flexibility index (Phi) is 4.02. The highest BCUT2D eigenvalue weighted by Gasteiger charge is 2.40. The van der Waals surface area contributed by atoms with Gasteiger partial charge in [0.25, 0.3) is 5.91 Å². The Labute approximate surface area is 122 Å². The molecule has 1 aliphatic heterocycles. The average molecular weight is 293 g/mol. The molecule has 0 aliphatic carbocycles. The molecule has 0 saturated carbocycles. The van der Waals surface area contributed by atoms with Crippen LogP contribution in [0.3, 0.4) is 0 Å². The first-order chi connectivity index (χ1) is 9.84. The number of hydrogen-bond acceptors (Lipinski definition) is 4. The van der Waals surface area contributed by atoms with E-state index in [1.165, 1.54) is 23.1 Å². The molecule has 21 heavy (non-hydrogen) atoms. The summed E-state index contributed by atoms with van der Waals surface area (Å²) in [5.74, 6) is -0.645. The van der Waals surface area contributed by atoms with E-state index in [0.29, 0.717) is 13.1 Å². The van der Waals surface area contributed by atoms with E-state index in [1.807, 2.05) is 0 Å². The molecule has 1 fully saturated rings. The predicted molar refractivity (Wildman–Crippen MR) is 74.5 cm³/mol. The molecule has 0 bridgehead atoms. The van der Waals surface area contributed by atoms with Crippen LogP contribution in [0.2, 0.25) is 0 Å². The van der Waals surface area contributed by atoms with E-state index in [0.717, 1.165) is 0 Å². The molecule has 0 radical (unpaired) electrons. The lowest BCUT2D eigenvalue weighted by molar-refractivity contribution is -0.149. The summed E-state index contributed by atoms with van der Waals surface area (Å²) in [4.78, 5) is 39.0. The lowest BCUT2D eigenvalue weighted by Crippen LogP contribution is -2.64. The molecule has 114 valence electrons. The minimum absolute atomic E-state index is 0.101. The van der Waals surface area contributed by atoms with Gasteiger partial charge in [-0.1, -0.05) is 0 Å². The largest absolute Gasteiger partial charge is 0.459 e. The van der Waals surface area contributed by atoms with Gasteiger partial charge in [0.05, 0.1) is 12.8 Å². The number of nitrogens with one attached hydrogen (secondary N) is 1. The molecule has 1 aliphatic rings. The smallest absolute Gasteiger partial charge is 0.289 e. The Hall–Kier alpha value is -2.31. The van der Waals surface area contributed by atoms with Crippen LogP contribution in [0.25, 0.3) is 0 Å². The van der Waals surface area contributed by atoms with Crippen molar-refractivity contribution in [2.24, 2.45) is 0 Å². The van der Waals surface area contributed by atoms with Crippen molar-refractivity contribution in [3.05, 3.63) is 24.2 Å². The fraction of sp³-hybridized carbons (Fsp3) is 0.500. The van der Waals surface area contributed by atoms with Crippen molar-refractivity contribution in [3.63, 3.8) is 0 Å². The summed E-state index contributed by atoms with van der Waals surface area (Å²) < 4.78 is 5.02. The van der Waals surface area contributed by atoms with Gasteiger partial charge in [-0.15, -0.1) is 0 Å². The van der Waals surface area contributed by atoms with Crippen molar-refractivity contribution < 1.29 is 18.8 Å². The molecule has 1 aromatic rings. The third-order valence-electron chi connectivity index (χ3n) is 3.60. The highest BCUT2D eigenvalue weighted by atomic mass is 16.3. The van der Waals surface area contributed by atoms with Gasteiger partial charge in [0.2, 0.25) is 11.8 Å². The van der Waals surface area contributed by atoms with Crippen LogP contribution in [0.15, 0.2) is 22.8 Å². The van der Waals surface area contributed by atoms with Crippen LogP contribution >= 0.6 is 0 Å². The summed E-state index contributed by atoms with van der Waals surface area (Å²) in [6.07, 6.45) is 1.40. The summed E-state index contributed by atoms with van der Waals surface area (Å²) in [6, 6.07) is 3.16. The zero-order chi connectivity index (χ0) is 15.6. The number of amides is 3. The molecule has 3 amide bonds. The van der Waals surface area contributed by atoms with Gasteiger partial charge in [-0.05, 0) is 26.0 Å². The number of carbonyl (C=O) groups excluding carboxylic acids is 3. The van der Waals surface area contributed by atoms with Gasteiger partial charge >= 0.3 is 0 Å². The first-order valence-corrected chi connectivity index (χ1v) is 6.72. The maximum absolute atomic E-state index is 12.4. The quantitative estimate of drug-likeness (QED) is 0.856. The molecule has 7 heteroatoms. The van der Waals surface area contributed by atoms with Crippen molar-refractivity contribution in [1.29, 1.82) is 0 Å². The number of rotatable bonds is 3. The standard InChI is InChI=1S/C14H19N3O4/c1-14(2)13(20)15-6-7-17(14)11(18)9-16(3)12(19)10-5-4-8-21-10/h4-5,8H,6-7,9H2,1-3H3,(H,15,20). The van der Waals surface area contributed by atoms with Crippen LogP contribution in [-0.2, 0) is 9.59 Å². The maximum atomic E-state index is 12.4. The summed E-state index contributed by atoms with van der Waals surface area (Å²) >= 11 is 0. The van der Waals surface area contributed by atoms with E-state index in [4.69, 9.17) is 4.42 Å². The van der Waals surface area contributed by atoms with E-state index in [1.54, 1.807) is 26.0 Å². The Bertz CT molecular complexity index is 551. The van der Waals surface area contributed by atoms with Crippen LogP contribution in [0.5, 0.6) is 0 Å². The Morgan fingerprint density at radius 1 is 1.48 bits per heavy atom. The zero-order valence-electron chi connectivity index (χ0n) is 12.4. The monoisotopic (exact) mass is 293 g/mol. The van der Waals surface area contributed by atoms with Crippen molar-refractivity contribution >= 4 is 17.7 Å². The first kappa shape index (κ1) is 15.1. The SMILES string of the molecule is CN(CC(=O)N1CCNC(=O)C1(C)C)C(=O)c1ccco1. The van der Waals surface area contributed by atoms with Crippen LogP contribution in [0, 0.1) is 0 Å². The van der Waals surface area contributed by atoms with Gasteiger partial charge in [0.15, 0.2) is 5.76 Å². The van der Waals surface area contributed by atoms with E-state index in [9.17, 15) is 14.4 Å². The van der Waals surface area contributed by atoms with Gasteiger partial charge in [-0.25, -0.2) is 0 Å². The second kappa shape index (κ2) is 5.59. The number of piperazine rings is 1. The van der Waals surface area contributed by atoms with Gasteiger partial charge < -0.3 is 19.5 Å². The second-order valence-corrected chi connectivity index (χ2v) is 5.50. The first-order valence-electron chi connectivity index (χ1n) is 6.72. The fourth-order valence-electron chi connectivity index (χ4n) is 2.28. The van der Waals surface area contributed by atoms with Crippen molar-refractivity contribution in [2.45, 2.75) is 19.4 Å². The Morgan fingerprint density at radius 3 is 2.81 bits per heavy atom. The maximum Gasteiger partial charge on any atom is 0.289 e. The molecule has 1 aromatic heterocycles. The lowest BCUT2D eigenvalue weighted by Gasteiger charge is -2.41. The summed E-state index contributed by atoms with van der Waals surface area (Å²) in [5, 5.41) is 2.73. The lowest BCUT2D eigenvalue weighted by atomic mass is 9.99. The van der Waals surface area contributed by atoms with Gasteiger partial charge in [0.1, 0.15) is 5.54 Å². The molecule has 1 N–H and O–H groups in total. The molecular formula is C14H19N3O4. The third-order valence-corrected chi connectivity index (χ3v) is 3.60. The summed E-state index contributed by atoms with van der Waals surface area (Å²) in [6.45, 7) is 4.13. The summed E-state index contributed by atoms with van der Waals surface area (Å²) in [5.41, 5.74) is -0.913. The third kappa shape index (κ3) is 2.91. The van der Waals surface area contributed by atoms with Gasteiger partial charge in [-0.3, -0.25) is 14.4 Å². The highest BCUT2D eigenvalue weighted by Crippen LogP contribution is 2.18. The second-order valence-electron chi connectivity index (χ2n) is 5.50. The average Bonchev–Trinajstić information content (AvgIpc) is 2.94. The normalized spacial score (nSPS) is 17.3. The van der Waals surface area contributed by atoms with E-state index in [-0.39, 0.29) is 30.0 Å². The number of carbonyl (C=O) groups is 3. The molecular weight excluding hydrogens is 274 g/mol. The molecule has 2 heterocycles. The van der Waals surface area contributed by atoms with Crippen LogP contribution in [-0.4, -0.2) is 59.7 Å². The summed E-state index contributed by atoms with van der Waals surface area (Å²) in [7, 11) is 1.53. The molecule has 7 nitrogen and oxygen atoms in total. The topological polar surface area (TPSA) is 82.9 Å². The van der Waals surface area contributed by atoms with Crippen molar-refractivity contribution in [3.8, 4) is 0 Å². The van der Waals surface area contributed by atoms with Gasteiger partial charge in [0, 0.05) is 20.1 Å². The predicted octanol–water partition coefficient (Wildman–Crippen LogP) is 0.0886. The number of furan rings is 1. The fourth-order valence-corrected chi connectivity index (χ4v) is 2.28. The Balaban J connectivity index is 2.04. The molecule has 0 aromatic carbocycles. The van der Waals surface area contributed by atoms with Crippen LogP contribution in [0.1, 0.15) is 24.4 Å². The minimum Gasteiger partial charge on any atom is -0.459 e. The van der Waals surface area contributed by atoms with Crippen LogP contribution < -0.4 is 5.32 Å². The van der Waals surface area contributed by atoms with Gasteiger partial charge in [-0.2, -0.15) is 0 Å². The minimum atomic E-state index is -0.913. The highest BCUT2D eigenvalue weighted by molar-refractivity contribution is 5.96. The van der Waals surface area contributed by atoms with E-state index in [2.05, 4.69) is 5.32 Å². The number of nitrogens with zero attached hydrogens (tertiary/aromatic N) is 2. The van der Waals surface area contributed by atoms with E-state index >= 15 is 0 Å². The molecule has 0 atom stereocenters. The Morgan fingerprint density at radius 2 is 2.19 bits per heavy atom. The molecule has 0 unspecified atom stereocenters. The zero-order valence-corrected chi connectivity index (χ0v) is 12.4. The van der Waals surface area contributed by atoms with Crippen molar-refractivity contribution in [2.75, 3.05) is 26.7 Å². The molecule has 0 spiro atoms. The molecule has 1 saturated heterocycles. The van der Waals surface area contributed by atoms with Crippen molar-refractivity contribution in [1.82, 2.24) is 15.1 Å². The number of likely N-dealkylation sites (N-methyl/N-ethyl adjacent to an activating group) is 1.